The van der Waals surface area contributed by atoms with Crippen molar-refractivity contribution in [3.8, 4) is 5.75 Å². The van der Waals surface area contributed by atoms with Crippen LogP contribution in [0.25, 0.3) is 0 Å². The highest BCUT2D eigenvalue weighted by Gasteiger charge is 2.10. The molecule has 0 fully saturated rings. The Kier molecular flexibility index (Phi) is 6.85. The standard InChI is InChI=1S/C16H21N3O2S2/c1-4-5-8-22-16-19-18-15(23-16)17-14(20)10-21-13-9-11(2)6-7-12(13)3/h6-7,9H,4-5,8,10H2,1-3H3,(H,17,18,20). The summed E-state index contributed by atoms with van der Waals surface area (Å²) < 4.78 is 6.46. The van der Waals surface area contributed by atoms with Gasteiger partial charge < -0.3 is 4.74 Å². The number of hydrogen-bond acceptors (Lipinski definition) is 6. The normalized spacial score (nSPS) is 10.6. The number of hydrogen-bond donors (Lipinski definition) is 1. The second kappa shape index (κ2) is 8.88. The van der Waals surface area contributed by atoms with Crippen molar-refractivity contribution < 1.29 is 9.53 Å². The van der Waals surface area contributed by atoms with Crippen LogP contribution in [0.5, 0.6) is 5.75 Å². The fraction of sp³-hybridized carbons (Fsp3) is 0.438. The van der Waals surface area contributed by atoms with Crippen molar-refractivity contribution in [2.45, 2.75) is 38.0 Å². The van der Waals surface area contributed by atoms with Crippen molar-refractivity contribution in [1.82, 2.24) is 10.2 Å². The molecule has 0 atom stereocenters. The third-order valence-corrected chi connectivity index (χ3v) is 5.14. The molecule has 0 aliphatic carbocycles. The summed E-state index contributed by atoms with van der Waals surface area (Å²) in [6.07, 6.45) is 2.31. The topological polar surface area (TPSA) is 64.1 Å². The first-order valence-electron chi connectivity index (χ1n) is 7.54. The largest absolute Gasteiger partial charge is 0.483 e. The molecule has 7 heteroatoms. The number of carbonyl (C=O) groups excluding carboxylic acids is 1. The van der Waals surface area contributed by atoms with Gasteiger partial charge >= 0.3 is 0 Å². The SMILES string of the molecule is CCCCSc1nnc(NC(=O)COc2cc(C)ccc2C)s1. The third-order valence-electron chi connectivity index (χ3n) is 3.08. The van der Waals surface area contributed by atoms with Crippen LogP contribution >= 0.6 is 23.1 Å². The monoisotopic (exact) mass is 351 g/mol. The van der Waals surface area contributed by atoms with Gasteiger partial charge in [0.25, 0.3) is 5.91 Å². The van der Waals surface area contributed by atoms with Gasteiger partial charge in [0.15, 0.2) is 10.9 Å². The van der Waals surface area contributed by atoms with E-state index >= 15 is 0 Å². The second-order valence-electron chi connectivity index (χ2n) is 5.18. The van der Waals surface area contributed by atoms with Crippen LogP contribution in [-0.4, -0.2) is 28.5 Å². The van der Waals surface area contributed by atoms with Gasteiger partial charge in [-0.05, 0) is 37.5 Å². The lowest BCUT2D eigenvalue weighted by atomic mass is 10.1. The minimum absolute atomic E-state index is 0.0395. The number of amides is 1. The average Bonchev–Trinajstić information content (AvgIpc) is 2.96. The summed E-state index contributed by atoms with van der Waals surface area (Å²) in [6, 6.07) is 5.92. The summed E-state index contributed by atoms with van der Waals surface area (Å²) in [5.74, 6) is 1.52. The lowest BCUT2D eigenvalue weighted by Crippen LogP contribution is -2.20. The number of unbranched alkanes of at least 4 members (excludes halogenated alkanes) is 1. The summed E-state index contributed by atoms with van der Waals surface area (Å²) in [5.41, 5.74) is 2.11. The molecule has 1 aromatic carbocycles. The van der Waals surface area contributed by atoms with Gasteiger partial charge in [0.05, 0.1) is 0 Å². The first-order chi connectivity index (χ1) is 11.1. The van der Waals surface area contributed by atoms with Crippen molar-refractivity contribution in [3.05, 3.63) is 29.3 Å². The number of aryl methyl sites for hydroxylation is 2. The number of carbonyl (C=O) groups is 1. The molecule has 0 aliphatic rings. The average molecular weight is 351 g/mol. The summed E-state index contributed by atoms with van der Waals surface area (Å²) in [4.78, 5) is 11.9. The van der Waals surface area contributed by atoms with Gasteiger partial charge in [0.1, 0.15) is 5.75 Å². The van der Waals surface area contributed by atoms with E-state index in [1.165, 1.54) is 11.3 Å². The first-order valence-corrected chi connectivity index (χ1v) is 9.35. The van der Waals surface area contributed by atoms with E-state index in [4.69, 9.17) is 4.74 Å². The maximum absolute atomic E-state index is 11.9. The van der Waals surface area contributed by atoms with E-state index < -0.39 is 0 Å². The quantitative estimate of drug-likeness (QED) is 0.441. The van der Waals surface area contributed by atoms with Crippen LogP contribution in [0, 0.1) is 13.8 Å². The zero-order valence-electron chi connectivity index (χ0n) is 13.6. The first kappa shape index (κ1) is 17.7. The molecule has 0 aliphatic heterocycles. The fourth-order valence-corrected chi connectivity index (χ4v) is 3.71. The summed E-state index contributed by atoms with van der Waals surface area (Å²) in [5, 5.41) is 11.3. The van der Waals surface area contributed by atoms with Crippen molar-refractivity contribution >= 4 is 34.1 Å². The zero-order chi connectivity index (χ0) is 16.7. The predicted molar refractivity (Wildman–Crippen MR) is 95.6 cm³/mol. The maximum atomic E-state index is 11.9. The van der Waals surface area contributed by atoms with Crippen molar-refractivity contribution in [1.29, 1.82) is 0 Å². The van der Waals surface area contributed by atoms with Crippen LogP contribution in [0.4, 0.5) is 5.13 Å². The number of ether oxygens (including phenoxy) is 1. The molecule has 0 bridgehead atoms. The Morgan fingerprint density at radius 3 is 2.96 bits per heavy atom. The van der Waals surface area contributed by atoms with Crippen LogP contribution in [0.15, 0.2) is 22.5 Å². The van der Waals surface area contributed by atoms with E-state index in [9.17, 15) is 4.79 Å². The molecule has 2 rings (SSSR count). The molecule has 0 saturated carbocycles. The molecule has 1 aromatic heterocycles. The molecular formula is C16H21N3O2S2. The number of anilines is 1. The molecule has 124 valence electrons. The zero-order valence-corrected chi connectivity index (χ0v) is 15.2. The molecular weight excluding hydrogens is 330 g/mol. The Hall–Kier alpha value is -1.60. The van der Waals surface area contributed by atoms with E-state index in [0.29, 0.717) is 5.13 Å². The van der Waals surface area contributed by atoms with Crippen LogP contribution in [0.2, 0.25) is 0 Å². The van der Waals surface area contributed by atoms with Gasteiger partial charge in [-0.25, -0.2) is 0 Å². The van der Waals surface area contributed by atoms with Crippen LogP contribution in [0.3, 0.4) is 0 Å². The number of nitrogens with one attached hydrogen (secondary N) is 1. The van der Waals surface area contributed by atoms with E-state index in [1.807, 2.05) is 32.0 Å². The summed E-state index contributed by atoms with van der Waals surface area (Å²) in [6.45, 7) is 6.06. The molecule has 0 saturated heterocycles. The lowest BCUT2D eigenvalue weighted by molar-refractivity contribution is -0.118. The molecule has 23 heavy (non-hydrogen) atoms. The number of benzene rings is 1. The van der Waals surface area contributed by atoms with Crippen LogP contribution in [0.1, 0.15) is 30.9 Å². The minimum atomic E-state index is -0.229. The fourth-order valence-electron chi connectivity index (χ4n) is 1.78. The Bertz CT molecular complexity index is 659. The van der Waals surface area contributed by atoms with Crippen molar-refractivity contribution in [2.24, 2.45) is 0 Å². The van der Waals surface area contributed by atoms with E-state index in [0.717, 1.165) is 39.8 Å². The summed E-state index contributed by atoms with van der Waals surface area (Å²) >= 11 is 3.06. The number of aromatic nitrogens is 2. The number of thioether (sulfide) groups is 1. The predicted octanol–water partition coefficient (Wildman–Crippen LogP) is 4.06. The highest BCUT2D eigenvalue weighted by atomic mass is 32.2. The Balaban J connectivity index is 1.81. The molecule has 1 heterocycles. The van der Waals surface area contributed by atoms with Gasteiger partial charge in [0.2, 0.25) is 5.13 Å². The molecule has 0 unspecified atom stereocenters. The Morgan fingerprint density at radius 2 is 2.17 bits per heavy atom. The van der Waals surface area contributed by atoms with Gasteiger partial charge in [-0.15, -0.1) is 10.2 Å². The molecule has 2 aromatic rings. The van der Waals surface area contributed by atoms with E-state index in [-0.39, 0.29) is 12.5 Å². The molecule has 1 N–H and O–H groups in total. The molecule has 0 radical (unpaired) electrons. The Morgan fingerprint density at radius 1 is 1.35 bits per heavy atom. The van der Waals surface area contributed by atoms with Gasteiger partial charge in [-0.1, -0.05) is 48.6 Å². The van der Waals surface area contributed by atoms with E-state index in [1.54, 1.807) is 11.8 Å². The second-order valence-corrected chi connectivity index (χ2v) is 7.50. The minimum Gasteiger partial charge on any atom is -0.483 e. The van der Waals surface area contributed by atoms with E-state index in [2.05, 4.69) is 22.4 Å². The highest BCUT2D eigenvalue weighted by molar-refractivity contribution is 8.01. The Labute approximate surface area is 144 Å². The summed E-state index contributed by atoms with van der Waals surface area (Å²) in [7, 11) is 0. The molecule has 0 spiro atoms. The lowest BCUT2D eigenvalue weighted by Gasteiger charge is -2.09. The highest BCUT2D eigenvalue weighted by Crippen LogP contribution is 2.26. The van der Waals surface area contributed by atoms with Crippen LogP contribution < -0.4 is 10.1 Å². The molecule has 5 nitrogen and oxygen atoms in total. The van der Waals surface area contributed by atoms with Crippen molar-refractivity contribution in [3.63, 3.8) is 0 Å². The number of rotatable bonds is 8. The third kappa shape index (κ3) is 5.84. The van der Waals surface area contributed by atoms with Gasteiger partial charge in [-0.3, -0.25) is 10.1 Å². The van der Waals surface area contributed by atoms with Gasteiger partial charge in [-0.2, -0.15) is 0 Å². The molecule has 1 amide bonds. The number of nitrogens with zero attached hydrogens (tertiary/aromatic N) is 2. The smallest absolute Gasteiger partial charge is 0.264 e. The maximum Gasteiger partial charge on any atom is 0.264 e. The van der Waals surface area contributed by atoms with Crippen LogP contribution in [-0.2, 0) is 4.79 Å². The van der Waals surface area contributed by atoms with Gasteiger partial charge in [0, 0.05) is 5.75 Å². The van der Waals surface area contributed by atoms with Crippen molar-refractivity contribution in [2.75, 3.05) is 17.7 Å².